The molecule has 0 saturated carbocycles. The van der Waals surface area contributed by atoms with E-state index in [1.807, 2.05) is 18.2 Å². The topological polar surface area (TPSA) is 40.5 Å². The number of carbonyl (C=O) groups is 1. The molecule has 0 radical (unpaired) electrons. The molecule has 1 fully saturated rings. The smallest absolute Gasteiger partial charge is 0.303 e. The molecule has 1 heterocycles. The molecule has 1 unspecified atom stereocenters. The molecule has 0 aromatic heterocycles. The van der Waals surface area contributed by atoms with Gasteiger partial charge in [-0.3, -0.25) is 9.69 Å². The molecule has 0 aliphatic carbocycles. The third-order valence-electron chi connectivity index (χ3n) is 3.13. The maximum atomic E-state index is 10.6. The van der Waals surface area contributed by atoms with Gasteiger partial charge in [0.05, 0.1) is 0 Å². The lowest BCUT2D eigenvalue weighted by Crippen LogP contribution is -2.20. The van der Waals surface area contributed by atoms with Crippen LogP contribution in [0.5, 0.6) is 0 Å². The van der Waals surface area contributed by atoms with E-state index in [0.29, 0.717) is 5.92 Å². The average Bonchev–Trinajstić information content (AvgIpc) is 2.64. The van der Waals surface area contributed by atoms with E-state index < -0.39 is 5.97 Å². The number of likely N-dealkylation sites (tertiary alicyclic amines) is 1. The van der Waals surface area contributed by atoms with Crippen molar-refractivity contribution in [3.8, 4) is 0 Å². The van der Waals surface area contributed by atoms with E-state index in [-0.39, 0.29) is 6.42 Å². The van der Waals surface area contributed by atoms with Crippen molar-refractivity contribution in [2.75, 3.05) is 13.1 Å². The van der Waals surface area contributed by atoms with Gasteiger partial charge in [-0.05, 0) is 36.6 Å². The first kappa shape index (κ1) is 12.4. The van der Waals surface area contributed by atoms with E-state index in [1.165, 1.54) is 5.56 Å². The average molecular weight is 254 g/mol. The summed E-state index contributed by atoms with van der Waals surface area (Å²) in [5, 5.41) is 9.50. The largest absolute Gasteiger partial charge is 0.481 e. The molecular formula is C13H16ClNO2. The van der Waals surface area contributed by atoms with Gasteiger partial charge in [-0.25, -0.2) is 0 Å². The molecule has 1 saturated heterocycles. The number of halogens is 1. The number of benzene rings is 1. The van der Waals surface area contributed by atoms with Crippen molar-refractivity contribution in [1.29, 1.82) is 0 Å². The minimum Gasteiger partial charge on any atom is -0.481 e. The molecule has 1 atom stereocenters. The number of aliphatic carboxylic acids is 1. The lowest BCUT2D eigenvalue weighted by Gasteiger charge is -2.15. The second kappa shape index (κ2) is 5.52. The molecule has 0 spiro atoms. The van der Waals surface area contributed by atoms with Crippen LogP contribution < -0.4 is 0 Å². The molecule has 0 bridgehead atoms. The van der Waals surface area contributed by atoms with Gasteiger partial charge in [-0.15, -0.1) is 0 Å². The first-order valence-corrected chi connectivity index (χ1v) is 6.20. The predicted molar refractivity (Wildman–Crippen MR) is 67.1 cm³/mol. The van der Waals surface area contributed by atoms with Gasteiger partial charge in [0.1, 0.15) is 0 Å². The normalized spacial score (nSPS) is 20.6. The molecular weight excluding hydrogens is 238 g/mol. The van der Waals surface area contributed by atoms with Crippen LogP contribution in [-0.4, -0.2) is 29.1 Å². The van der Waals surface area contributed by atoms with E-state index in [9.17, 15) is 4.79 Å². The van der Waals surface area contributed by atoms with E-state index in [1.54, 1.807) is 0 Å². The fraction of sp³-hybridized carbons (Fsp3) is 0.462. The van der Waals surface area contributed by atoms with Crippen molar-refractivity contribution >= 4 is 17.6 Å². The van der Waals surface area contributed by atoms with Crippen LogP contribution in [0, 0.1) is 5.92 Å². The van der Waals surface area contributed by atoms with E-state index in [0.717, 1.165) is 31.1 Å². The number of nitrogens with zero attached hydrogens (tertiary/aromatic N) is 1. The number of carboxylic acids is 1. The van der Waals surface area contributed by atoms with Gasteiger partial charge in [0.25, 0.3) is 0 Å². The van der Waals surface area contributed by atoms with Crippen molar-refractivity contribution in [2.24, 2.45) is 5.92 Å². The van der Waals surface area contributed by atoms with Gasteiger partial charge in [0.2, 0.25) is 0 Å². The zero-order valence-corrected chi connectivity index (χ0v) is 10.4. The molecule has 17 heavy (non-hydrogen) atoms. The van der Waals surface area contributed by atoms with Crippen LogP contribution in [0.15, 0.2) is 24.3 Å². The molecule has 1 N–H and O–H groups in total. The molecule has 1 aromatic rings. The van der Waals surface area contributed by atoms with Crippen LogP contribution in [0.3, 0.4) is 0 Å². The Bertz CT molecular complexity index is 408. The van der Waals surface area contributed by atoms with Crippen LogP contribution in [0.25, 0.3) is 0 Å². The lowest BCUT2D eigenvalue weighted by molar-refractivity contribution is -0.138. The quantitative estimate of drug-likeness (QED) is 0.897. The number of carboxylic acid groups (broad SMARTS) is 1. The third kappa shape index (κ3) is 3.72. The Kier molecular flexibility index (Phi) is 4.02. The highest BCUT2D eigenvalue weighted by molar-refractivity contribution is 6.30. The molecule has 3 nitrogen and oxygen atoms in total. The first-order chi connectivity index (χ1) is 8.13. The summed E-state index contributed by atoms with van der Waals surface area (Å²) >= 11 is 5.93. The molecule has 1 aliphatic heterocycles. The molecule has 2 rings (SSSR count). The van der Waals surface area contributed by atoms with Gasteiger partial charge in [-0.1, -0.05) is 23.7 Å². The Balaban J connectivity index is 1.87. The summed E-state index contributed by atoms with van der Waals surface area (Å²) in [6, 6.07) is 7.83. The fourth-order valence-electron chi connectivity index (χ4n) is 2.36. The molecule has 92 valence electrons. The minimum atomic E-state index is -0.695. The SMILES string of the molecule is O=C(O)CC1CCN(Cc2cccc(Cl)c2)C1. The molecule has 1 aromatic carbocycles. The molecule has 4 heteroatoms. The summed E-state index contributed by atoms with van der Waals surface area (Å²) in [5.41, 5.74) is 1.19. The maximum absolute atomic E-state index is 10.6. The Morgan fingerprint density at radius 3 is 3.06 bits per heavy atom. The Morgan fingerprint density at radius 2 is 2.35 bits per heavy atom. The third-order valence-corrected chi connectivity index (χ3v) is 3.36. The van der Waals surface area contributed by atoms with Crippen molar-refractivity contribution in [3.63, 3.8) is 0 Å². The van der Waals surface area contributed by atoms with Crippen molar-refractivity contribution in [3.05, 3.63) is 34.9 Å². The lowest BCUT2D eigenvalue weighted by atomic mass is 10.1. The Labute approximate surface area is 106 Å². The van der Waals surface area contributed by atoms with Crippen LogP contribution in [0.1, 0.15) is 18.4 Å². The van der Waals surface area contributed by atoms with Gasteiger partial charge in [-0.2, -0.15) is 0 Å². The van der Waals surface area contributed by atoms with E-state index >= 15 is 0 Å². The van der Waals surface area contributed by atoms with Crippen molar-refractivity contribution < 1.29 is 9.90 Å². The summed E-state index contributed by atoms with van der Waals surface area (Å²) in [7, 11) is 0. The van der Waals surface area contributed by atoms with Gasteiger partial charge >= 0.3 is 5.97 Å². The van der Waals surface area contributed by atoms with Crippen LogP contribution in [0.4, 0.5) is 0 Å². The maximum Gasteiger partial charge on any atom is 0.303 e. The van der Waals surface area contributed by atoms with Gasteiger partial charge < -0.3 is 5.11 Å². The highest BCUT2D eigenvalue weighted by Gasteiger charge is 2.24. The summed E-state index contributed by atoms with van der Waals surface area (Å²) in [6.45, 7) is 2.71. The predicted octanol–water partition coefficient (Wildman–Crippen LogP) is 2.64. The Morgan fingerprint density at radius 1 is 1.53 bits per heavy atom. The van der Waals surface area contributed by atoms with E-state index in [4.69, 9.17) is 16.7 Å². The fourth-order valence-corrected chi connectivity index (χ4v) is 2.58. The highest BCUT2D eigenvalue weighted by Crippen LogP contribution is 2.22. The second-order valence-corrected chi connectivity index (χ2v) is 5.05. The monoisotopic (exact) mass is 253 g/mol. The van der Waals surface area contributed by atoms with Gasteiger partial charge in [0, 0.05) is 24.5 Å². The van der Waals surface area contributed by atoms with Gasteiger partial charge in [0.15, 0.2) is 0 Å². The van der Waals surface area contributed by atoms with Crippen LogP contribution in [-0.2, 0) is 11.3 Å². The zero-order valence-electron chi connectivity index (χ0n) is 9.60. The summed E-state index contributed by atoms with van der Waals surface area (Å²) < 4.78 is 0. The van der Waals surface area contributed by atoms with Crippen LogP contribution >= 0.6 is 11.6 Å². The van der Waals surface area contributed by atoms with Crippen LogP contribution in [0.2, 0.25) is 5.02 Å². The second-order valence-electron chi connectivity index (χ2n) is 4.62. The molecule has 0 amide bonds. The number of hydrogen-bond acceptors (Lipinski definition) is 2. The van der Waals surface area contributed by atoms with E-state index in [2.05, 4.69) is 11.0 Å². The first-order valence-electron chi connectivity index (χ1n) is 5.82. The van der Waals surface area contributed by atoms with Crippen molar-refractivity contribution in [1.82, 2.24) is 4.90 Å². The Hall–Kier alpha value is -1.06. The summed E-state index contributed by atoms with van der Waals surface area (Å²) in [5.74, 6) is -0.397. The van der Waals surface area contributed by atoms with Crippen molar-refractivity contribution in [2.45, 2.75) is 19.4 Å². The minimum absolute atomic E-state index is 0.284. The summed E-state index contributed by atoms with van der Waals surface area (Å²) in [4.78, 5) is 12.9. The number of rotatable bonds is 4. The summed E-state index contributed by atoms with van der Waals surface area (Å²) in [6.07, 6.45) is 1.26. The number of hydrogen-bond donors (Lipinski definition) is 1. The zero-order chi connectivity index (χ0) is 12.3. The highest BCUT2D eigenvalue weighted by atomic mass is 35.5. The molecule has 1 aliphatic rings. The standard InChI is InChI=1S/C13H16ClNO2/c14-12-3-1-2-10(6-12)8-15-5-4-11(9-15)7-13(16)17/h1-3,6,11H,4-5,7-9H2,(H,16,17).